The maximum atomic E-state index is 5.47. The summed E-state index contributed by atoms with van der Waals surface area (Å²) in [5.74, 6) is 2.75. The van der Waals surface area contributed by atoms with Crippen molar-refractivity contribution in [3.05, 3.63) is 30.6 Å². The molecule has 82 valence electrons. The maximum Gasteiger partial charge on any atom is 0.0959 e. The van der Waals surface area contributed by atoms with Gasteiger partial charge in [-0.15, -0.1) is 6.42 Å². The van der Waals surface area contributed by atoms with Gasteiger partial charge in [-0.3, -0.25) is 0 Å². The molecule has 2 aromatic rings. The van der Waals surface area contributed by atoms with E-state index in [1.165, 1.54) is 0 Å². The molecular weight excluding hydrogens is 198 g/mol. The number of nitrogens with zero attached hydrogens (tertiary/aromatic N) is 2. The summed E-state index contributed by atoms with van der Waals surface area (Å²) in [6, 6.07) is 8.12. The number of hydrogen-bond donors (Lipinski definition) is 1. The highest BCUT2D eigenvalue weighted by molar-refractivity contribution is 5.74. The molecule has 0 bridgehead atoms. The fourth-order valence-corrected chi connectivity index (χ4v) is 1.78. The lowest BCUT2D eigenvalue weighted by Gasteiger charge is -2.12. The van der Waals surface area contributed by atoms with Crippen molar-refractivity contribution in [2.24, 2.45) is 0 Å². The molecule has 0 amide bonds. The van der Waals surface area contributed by atoms with Gasteiger partial charge in [0.25, 0.3) is 0 Å². The van der Waals surface area contributed by atoms with Crippen LogP contribution in [0.15, 0.2) is 30.6 Å². The number of fused-ring (bicyclic) bond motifs is 1. The molecule has 16 heavy (non-hydrogen) atoms. The summed E-state index contributed by atoms with van der Waals surface area (Å²) in [6.07, 6.45) is 7.31. The third-order valence-corrected chi connectivity index (χ3v) is 2.56. The Labute approximate surface area is 95.5 Å². The average Bonchev–Trinajstić information content (AvgIpc) is 2.72. The van der Waals surface area contributed by atoms with Gasteiger partial charge in [0.2, 0.25) is 0 Å². The van der Waals surface area contributed by atoms with Gasteiger partial charge in [-0.05, 0) is 18.7 Å². The van der Waals surface area contributed by atoms with Crippen LogP contribution in [-0.4, -0.2) is 22.1 Å². The number of hydrogen-bond acceptors (Lipinski definition) is 2. The minimum Gasteiger partial charge on any atom is -0.328 e. The zero-order chi connectivity index (χ0) is 11.4. The van der Waals surface area contributed by atoms with E-state index in [0.29, 0.717) is 0 Å². The Morgan fingerprint density at radius 3 is 3.06 bits per heavy atom. The topological polar surface area (TPSA) is 29.9 Å². The molecule has 1 N–H and O–H groups in total. The van der Waals surface area contributed by atoms with E-state index in [9.17, 15) is 0 Å². The maximum absolute atomic E-state index is 5.47. The van der Waals surface area contributed by atoms with Crippen LogP contribution in [-0.2, 0) is 6.54 Å². The van der Waals surface area contributed by atoms with Crippen molar-refractivity contribution in [1.29, 1.82) is 0 Å². The summed E-state index contributed by atoms with van der Waals surface area (Å²) in [7, 11) is 0. The van der Waals surface area contributed by atoms with E-state index in [1.54, 1.807) is 0 Å². The van der Waals surface area contributed by atoms with Crippen LogP contribution in [0.4, 0.5) is 0 Å². The fourth-order valence-electron chi connectivity index (χ4n) is 1.78. The van der Waals surface area contributed by atoms with E-state index in [-0.39, 0.29) is 6.04 Å². The third-order valence-electron chi connectivity index (χ3n) is 2.56. The zero-order valence-corrected chi connectivity index (χ0v) is 9.35. The van der Waals surface area contributed by atoms with E-state index >= 15 is 0 Å². The van der Waals surface area contributed by atoms with E-state index in [4.69, 9.17) is 6.42 Å². The van der Waals surface area contributed by atoms with E-state index in [2.05, 4.69) is 33.8 Å². The first-order valence-electron chi connectivity index (χ1n) is 5.44. The molecule has 1 unspecified atom stereocenters. The number of nitrogens with one attached hydrogen (secondary N) is 1. The standard InChI is InChI=1S/C13H15N3/c1-3-11(14-4-2)9-16-10-15-12-7-5-6-8-13(12)16/h1,5-8,10-11,14H,4,9H2,2H3. The Bertz CT molecular complexity index is 507. The molecule has 0 aliphatic rings. The number of terminal acetylenes is 1. The van der Waals surface area contributed by atoms with Crippen molar-refractivity contribution < 1.29 is 0 Å². The van der Waals surface area contributed by atoms with Gasteiger partial charge in [0, 0.05) is 0 Å². The van der Waals surface area contributed by atoms with Crippen LogP contribution in [0.3, 0.4) is 0 Å². The Morgan fingerprint density at radius 2 is 2.31 bits per heavy atom. The average molecular weight is 213 g/mol. The molecule has 1 atom stereocenters. The summed E-state index contributed by atoms with van der Waals surface area (Å²) in [5.41, 5.74) is 2.13. The van der Waals surface area contributed by atoms with Crippen molar-refractivity contribution in [3.8, 4) is 12.3 Å². The first-order chi connectivity index (χ1) is 7.85. The molecule has 3 nitrogen and oxygen atoms in total. The Hall–Kier alpha value is -1.79. The summed E-state index contributed by atoms with van der Waals surface area (Å²) in [4.78, 5) is 4.33. The fraction of sp³-hybridized carbons (Fsp3) is 0.308. The third kappa shape index (κ3) is 2.07. The second kappa shape index (κ2) is 4.82. The highest BCUT2D eigenvalue weighted by atomic mass is 15.1. The van der Waals surface area contributed by atoms with Gasteiger partial charge >= 0.3 is 0 Å². The molecular formula is C13H15N3. The van der Waals surface area contributed by atoms with E-state index < -0.39 is 0 Å². The first kappa shape index (κ1) is 10.7. The molecule has 2 rings (SSSR count). The quantitative estimate of drug-likeness (QED) is 0.783. The summed E-state index contributed by atoms with van der Waals surface area (Å²) < 4.78 is 2.09. The second-order valence-electron chi connectivity index (χ2n) is 3.66. The molecule has 0 spiro atoms. The number of likely N-dealkylation sites (N-methyl/N-ethyl adjacent to an activating group) is 1. The van der Waals surface area contributed by atoms with Crippen molar-refractivity contribution in [2.75, 3.05) is 6.54 Å². The minimum absolute atomic E-state index is 0.0580. The lowest BCUT2D eigenvalue weighted by Crippen LogP contribution is -2.31. The monoisotopic (exact) mass is 213 g/mol. The van der Waals surface area contributed by atoms with Crippen molar-refractivity contribution in [2.45, 2.75) is 19.5 Å². The predicted octanol–water partition coefficient (Wildman–Crippen LogP) is 1.65. The second-order valence-corrected chi connectivity index (χ2v) is 3.66. The molecule has 3 heteroatoms. The van der Waals surface area contributed by atoms with Gasteiger partial charge in [0.05, 0.1) is 29.9 Å². The van der Waals surface area contributed by atoms with Crippen LogP contribution in [0.5, 0.6) is 0 Å². The molecule has 1 heterocycles. The number of para-hydroxylation sites is 2. The highest BCUT2D eigenvalue weighted by Gasteiger charge is 2.06. The van der Waals surface area contributed by atoms with Gasteiger partial charge < -0.3 is 9.88 Å². The van der Waals surface area contributed by atoms with Gasteiger partial charge in [0.1, 0.15) is 0 Å². The summed E-state index contributed by atoms with van der Waals surface area (Å²) in [5, 5.41) is 3.25. The van der Waals surface area contributed by atoms with Gasteiger partial charge in [-0.1, -0.05) is 25.0 Å². The van der Waals surface area contributed by atoms with Crippen LogP contribution in [0.25, 0.3) is 11.0 Å². The van der Waals surface area contributed by atoms with Crippen LogP contribution in [0.2, 0.25) is 0 Å². The Kier molecular flexibility index (Phi) is 3.23. The lowest BCUT2D eigenvalue weighted by atomic mass is 10.2. The van der Waals surface area contributed by atoms with Crippen molar-refractivity contribution in [1.82, 2.24) is 14.9 Å². The van der Waals surface area contributed by atoms with E-state index in [1.807, 2.05) is 24.5 Å². The number of rotatable bonds is 4. The summed E-state index contributed by atoms with van der Waals surface area (Å²) in [6.45, 7) is 3.68. The molecule has 0 saturated heterocycles. The predicted molar refractivity (Wildman–Crippen MR) is 66.0 cm³/mol. The first-order valence-corrected chi connectivity index (χ1v) is 5.44. The van der Waals surface area contributed by atoms with Crippen LogP contribution < -0.4 is 5.32 Å². The molecule has 1 aromatic heterocycles. The van der Waals surface area contributed by atoms with Crippen LogP contribution >= 0.6 is 0 Å². The van der Waals surface area contributed by atoms with Gasteiger partial charge in [-0.2, -0.15) is 0 Å². The van der Waals surface area contributed by atoms with Gasteiger partial charge in [0.15, 0.2) is 0 Å². The minimum atomic E-state index is 0.0580. The van der Waals surface area contributed by atoms with Crippen LogP contribution in [0.1, 0.15) is 6.92 Å². The molecule has 0 aliphatic carbocycles. The van der Waals surface area contributed by atoms with E-state index in [0.717, 1.165) is 24.1 Å². The Morgan fingerprint density at radius 1 is 1.50 bits per heavy atom. The van der Waals surface area contributed by atoms with Crippen molar-refractivity contribution in [3.63, 3.8) is 0 Å². The molecule has 0 saturated carbocycles. The molecule has 0 aliphatic heterocycles. The van der Waals surface area contributed by atoms with Gasteiger partial charge in [-0.25, -0.2) is 4.98 Å². The number of aromatic nitrogens is 2. The zero-order valence-electron chi connectivity index (χ0n) is 9.35. The van der Waals surface area contributed by atoms with Crippen LogP contribution in [0, 0.1) is 12.3 Å². The SMILES string of the molecule is C#CC(Cn1cnc2ccccc21)NCC. The smallest absolute Gasteiger partial charge is 0.0959 e. The number of benzene rings is 1. The van der Waals surface area contributed by atoms with Crippen molar-refractivity contribution >= 4 is 11.0 Å². The molecule has 0 radical (unpaired) electrons. The normalized spacial score (nSPS) is 12.5. The Balaban J connectivity index is 2.24. The molecule has 0 fully saturated rings. The highest BCUT2D eigenvalue weighted by Crippen LogP contribution is 2.11. The summed E-state index contributed by atoms with van der Waals surface area (Å²) >= 11 is 0. The lowest BCUT2D eigenvalue weighted by molar-refractivity contribution is 0.548. The largest absolute Gasteiger partial charge is 0.328 e. The number of imidazole rings is 1. The molecule has 1 aromatic carbocycles.